The Morgan fingerprint density at radius 2 is 2.21 bits per heavy atom. The predicted octanol–water partition coefficient (Wildman–Crippen LogP) is 3.76. The number of fused-ring (bicyclic) bond motifs is 1. The molecule has 0 aromatic heterocycles. The Hall–Kier alpha value is -0.120. The van der Waals surface area contributed by atoms with Crippen LogP contribution in [0, 0.1) is 0 Å². The van der Waals surface area contributed by atoms with Gasteiger partial charge in [-0.3, -0.25) is 0 Å². The van der Waals surface area contributed by atoms with Crippen molar-refractivity contribution in [3.05, 3.63) is 39.9 Å². The highest BCUT2D eigenvalue weighted by Gasteiger charge is 2.27. The summed E-state index contributed by atoms with van der Waals surface area (Å²) in [5.41, 5.74) is 2.54. The topological polar surface area (TPSA) is 9.23 Å². The number of methoxy groups -OCH3 is 1. The number of benzene rings is 1. The third kappa shape index (κ3) is 1.81. The molecule has 14 heavy (non-hydrogen) atoms. The average Bonchev–Trinajstić information content (AvgIpc) is 2.18. The minimum Gasteiger partial charge on any atom is -0.363 e. The molecular weight excluding hydrogens is 308 g/mol. The van der Waals surface area contributed by atoms with E-state index in [2.05, 4.69) is 50.1 Å². The summed E-state index contributed by atoms with van der Waals surface area (Å²) in [7, 11) is 1.71. The first kappa shape index (κ1) is 10.4. The number of ether oxygens (including phenoxy) is 1. The van der Waals surface area contributed by atoms with E-state index >= 15 is 0 Å². The monoisotopic (exact) mass is 316 g/mol. The molecule has 1 aliphatic carbocycles. The van der Waals surface area contributed by atoms with Crippen LogP contribution in [0.1, 0.15) is 11.1 Å². The molecule has 0 fully saturated rings. The zero-order valence-corrected chi connectivity index (χ0v) is 10.9. The van der Waals surface area contributed by atoms with Crippen LogP contribution in [-0.2, 0) is 11.2 Å². The first-order chi connectivity index (χ1) is 6.64. The lowest BCUT2D eigenvalue weighted by atomic mass is 9.96. The summed E-state index contributed by atoms with van der Waals surface area (Å²) in [5, 5.41) is 0. The predicted molar refractivity (Wildman–Crippen MR) is 65.5 cm³/mol. The highest BCUT2D eigenvalue weighted by Crippen LogP contribution is 2.35. The lowest BCUT2D eigenvalue weighted by Crippen LogP contribution is -2.26. The van der Waals surface area contributed by atoms with Gasteiger partial charge in [0.15, 0.2) is 0 Å². The summed E-state index contributed by atoms with van der Waals surface area (Å²) in [6.45, 7) is 0. The summed E-state index contributed by atoms with van der Waals surface area (Å²) in [6, 6.07) is 6.22. The van der Waals surface area contributed by atoms with Gasteiger partial charge in [-0.15, -0.1) is 0 Å². The zero-order chi connectivity index (χ0) is 10.2. The van der Waals surface area contributed by atoms with E-state index in [9.17, 15) is 0 Å². The van der Waals surface area contributed by atoms with Crippen LogP contribution in [0.3, 0.4) is 0 Å². The first-order valence-electron chi connectivity index (χ1n) is 4.35. The van der Waals surface area contributed by atoms with Gasteiger partial charge in [-0.25, -0.2) is 0 Å². The van der Waals surface area contributed by atoms with Crippen molar-refractivity contribution in [3.8, 4) is 0 Å². The average molecular weight is 318 g/mol. The van der Waals surface area contributed by atoms with Crippen LogP contribution in [0.4, 0.5) is 0 Å². The molecule has 0 bridgehead atoms. The van der Waals surface area contributed by atoms with Crippen molar-refractivity contribution in [2.75, 3.05) is 7.11 Å². The SMILES string of the molecule is COC1(Br)C=Cc2c(Br)cccc2C1. The Bertz CT molecular complexity index is 387. The summed E-state index contributed by atoms with van der Waals surface area (Å²) in [5.74, 6) is 0. The maximum Gasteiger partial charge on any atom is 0.145 e. The quantitative estimate of drug-likeness (QED) is 0.717. The maximum atomic E-state index is 5.39. The molecule has 1 aromatic carbocycles. The maximum absolute atomic E-state index is 5.39. The Morgan fingerprint density at radius 1 is 1.43 bits per heavy atom. The molecule has 3 heteroatoms. The molecule has 0 spiro atoms. The summed E-state index contributed by atoms with van der Waals surface area (Å²) in [4.78, 5) is 0. The normalized spacial score (nSPS) is 24.8. The van der Waals surface area contributed by atoms with Crippen LogP contribution in [0.5, 0.6) is 0 Å². The molecule has 0 saturated carbocycles. The van der Waals surface area contributed by atoms with Crippen LogP contribution >= 0.6 is 31.9 Å². The van der Waals surface area contributed by atoms with Gasteiger partial charge in [0.25, 0.3) is 0 Å². The van der Waals surface area contributed by atoms with Gasteiger partial charge in [-0.2, -0.15) is 0 Å². The van der Waals surface area contributed by atoms with Crippen LogP contribution in [0.25, 0.3) is 6.08 Å². The van der Waals surface area contributed by atoms with E-state index in [1.807, 2.05) is 12.1 Å². The van der Waals surface area contributed by atoms with E-state index < -0.39 is 0 Å². The van der Waals surface area contributed by atoms with Crippen LogP contribution < -0.4 is 0 Å². The molecule has 1 aromatic rings. The second-order valence-electron chi connectivity index (χ2n) is 3.31. The van der Waals surface area contributed by atoms with E-state index in [0.717, 1.165) is 10.9 Å². The second kappa shape index (κ2) is 3.80. The van der Waals surface area contributed by atoms with Gasteiger partial charge in [0.1, 0.15) is 4.51 Å². The molecule has 1 aliphatic rings. The molecule has 1 nitrogen and oxygen atoms in total. The second-order valence-corrected chi connectivity index (χ2v) is 5.51. The Morgan fingerprint density at radius 3 is 2.93 bits per heavy atom. The number of alkyl halides is 1. The van der Waals surface area contributed by atoms with Crippen LogP contribution in [0.15, 0.2) is 28.7 Å². The molecule has 0 heterocycles. The number of hydrogen-bond acceptors (Lipinski definition) is 1. The van der Waals surface area contributed by atoms with Gasteiger partial charge in [-0.1, -0.05) is 34.1 Å². The van der Waals surface area contributed by atoms with E-state index in [0.29, 0.717) is 0 Å². The Kier molecular flexibility index (Phi) is 2.82. The third-order valence-corrected chi connectivity index (χ3v) is 3.97. The fourth-order valence-corrected chi connectivity index (χ4v) is 2.56. The van der Waals surface area contributed by atoms with Gasteiger partial charge in [0.2, 0.25) is 0 Å². The highest BCUT2D eigenvalue weighted by molar-refractivity contribution is 9.10. The van der Waals surface area contributed by atoms with Gasteiger partial charge >= 0.3 is 0 Å². The number of rotatable bonds is 1. The zero-order valence-electron chi connectivity index (χ0n) is 7.76. The molecular formula is C11H10Br2O. The third-order valence-electron chi connectivity index (χ3n) is 2.41. The van der Waals surface area contributed by atoms with Gasteiger partial charge in [0, 0.05) is 18.0 Å². The summed E-state index contributed by atoms with van der Waals surface area (Å²) < 4.78 is 6.19. The molecule has 1 atom stereocenters. The van der Waals surface area contributed by atoms with Crippen LogP contribution in [0.2, 0.25) is 0 Å². The molecule has 2 rings (SSSR count). The molecule has 0 amide bonds. The largest absolute Gasteiger partial charge is 0.363 e. The van der Waals surface area contributed by atoms with E-state index in [4.69, 9.17) is 4.74 Å². The molecule has 0 saturated heterocycles. The molecule has 74 valence electrons. The molecule has 0 radical (unpaired) electrons. The number of hydrogen-bond donors (Lipinski definition) is 0. The first-order valence-corrected chi connectivity index (χ1v) is 5.94. The Balaban J connectivity index is 2.46. The lowest BCUT2D eigenvalue weighted by molar-refractivity contribution is 0.117. The van der Waals surface area contributed by atoms with Crippen molar-refractivity contribution in [2.24, 2.45) is 0 Å². The fraction of sp³-hybridized carbons (Fsp3) is 0.273. The molecule has 0 N–H and O–H groups in total. The summed E-state index contributed by atoms with van der Waals surface area (Å²) >= 11 is 7.10. The van der Waals surface area contributed by atoms with Crippen molar-refractivity contribution in [1.29, 1.82) is 0 Å². The standard InChI is InChI=1S/C11H10Br2O/c1-14-11(13)6-5-9-8(7-11)3-2-4-10(9)12/h2-6H,7H2,1H3. The van der Waals surface area contributed by atoms with Crippen LogP contribution in [-0.4, -0.2) is 11.6 Å². The minimum atomic E-state index is -0.333. The fourth-order valence-electron chi connectivity index (χ4n) is 1.59. The molecule has 0 aliphatic heterocycles. The van der Waals surface area contributed by atoms with Gasteiger partial charge < -0.3 is 4.74 Å². The van der Waals surface area contributed by atoms with Crippen molar-refractivity contribution < 1.29 is 4.74 Å². The minimum absolute atomic E-state index is 0.333. The van der Waals surface area contributed by atoms with Crippen molar-refractivity contribution >= 4 is 37.9 Å². The summed E-state index contributed by atoms with van der Waals surface area (Å²) in [6.07, 6.45) is 4.98. The molecule has 1 unspecified atom stereocenters. The van der Waals surface area contributed by atoms with E-state index in [1.165, 1.54) is 11.1 Å². The van der Waals surface area contributed by atoms with E-state index in [1.54, 1.807) is 7.11 Å². The Labute approximate surface area is 100 Å². The van der Waals surface area contributed by atoms with E-state index in [-0.39, 0.29) is 4.51 Å². The number of halogens is 2. The van der Waals surface area contributed by atoms with Crippen molar-refractivity contribution in [3.63, 3.8) is 0 Å². The smallest absolute Gasteiger partial charge is 0.145 e. The van der Waals surface area contributed by atoms with Crippen molar-refractivity contribution in [2.45, 2.75) is 10.9 Å². The van der Waals surface area contributed by atoms with Crippen molar-refractivity contribution in [1.82, 2.24) is 0 Å². The lowest BCUT2D eigenvalue weighted by Gasteiger charge is -2.27. The van der Waals surface area contributed by atoms with Gasteiger partial charge in [0.05, 0.1) is 0 Å². The highest BCUT2D eigenvalue weighted by atomic mass is 79.9. The van der Waals surface area contributed by atoms with Gasteiger partial charge in [-0.05, 0) is 39.2 Å².